The molecule has 0 heterocycles. The number of nitrogens with one attached hydrogen (secondary N) is 1. The first-order valence-electron chi connectivity index (χ1n) is 4.67. The van der Waals surface area contributed by atoms with Crippen LogP contribution in [-0.2, 0) is 4.79 Å². The van der Waals surface area contributed by atoms with Crippen molar-refractivity contribution in [2.24, 2.45) is 0 Å². The maximum absolute atomic E-state index is 11.4. The van der Waals surface area contributed by atoms with Gasteiger partial charge < -0.3 is 10.4 Å². The number of hydrogen-bond acceptors (Lipinski definition) is 3. The highest BCUT2D eigenvalue weighted by atomic mass is 32.2. The number of carbonyl (C=O) groups is 2. The van der Waals surface area contributed by atoms with Crippen LogP contribution in [0.2, 0.25) is 0 Å². The molecule has 0 bridgehead atoms. The SMILES string of the molecule is CSCC(=O)Nc1cc(C(=O)O)ccc1C. The molecule has 0 unspecified atom stereocenters. The zero-order valence-electron chi connectivity index (χ0n) is 9.11. The van der Waals surface area contributed by atoms with Crippen LogP contribution in [-0.4, -0.2) is 29.0 Å². The van der Waals surface area contributed by atoms with Crippen molar-refractivity contribution >= 4 is 29.3 Å². The molecule has 0 fully saturated rings. The maximum atomic E-state index is 11.4. The quantitative estimate of drug-likeness (QED) is 0.843. The largest absolute Gasteiger partial charge is 0.478 e. The van der Waals surface area contributed by atoms with Gasteiger partial charge in [-0.05, 0) is 30.9 Å². The van der Waals surface area contributed by atoms with E-state index in [0.717, 1.165) is 5.56 Å². The average molecular weight is 239 g/mol. The Morgan fingerprint density at radius 3 is 2.69 bits per heavy atom. The number of benzene rings is 1. The number of aryl methyl sites for hydroxylation is 1. The zero-order valence-corrected chi connectivity index (χ0v) is 9.93. The molecule has 0 spiro atoms. The van der Waals surface area contributed by atoms with E-state index in [-0.39, 0.29) is 11.5 Å². The number of carboxylic acid groups (broad SMARTS) is 1. The molecule has 5 heteroatoms. The molecule has 1 rings (SSSR count). The first-order chi connectivity index (χ1) is 7.54. The standard InChI is InChI=1S/C11H13NO3S/c1-7-3-4-8(11(14)15)5-9(7)12-10(13)6-16-2/h3-5H,6H2,1-2H3,(H,12,13)(H,14,15). The summed E-state index contributed by atoms with van der Waals surface area (Å²) >= 11 is 1.42. The van der Waals surface area contributed by atoms with Crippen LogP contribution in [0.4, 0.5) is 5.69 Å². The highest BCUT2D eigenvalue weighted by Gasteiger charge is 2.08. The average Bonchev–Trinajstić information content (AvgIpc) is 2.21. The van der Waals surface area contributed by atoms with E-state index in [1.54, 1.807) is 6.07 Å². The first kappa shape index (κ1) is 12.6. The van der Waals surface area contributed by atoms with E-state index < -0.39 is 5.97 Å². The van der Waals surface area contributed by atoms with E-state index in [1.165, 1.54) is 23.9 Å². The summed E-state index contributed by atoms with van der Waals surface area (Å²) in [5.74, 6) is -0.769. The summed E-state index contributed by atoms with van der Waals surface area (Å²) in [5, 5.41) is 11.5. The minimum Gasteiger partial charge on any atom is -0.478 e. The Hall–Kier alpha value is -1.49. The fourth-order valence-electron chi connectivity index (χ4n) is 1.21. The number of aromatic carboxylic acids is 1. The third-order valence-corrected chi connectivity index (χ3v) is 2.58. The number of hydrogen-bond donors (Lipinski definition) is 2. The Morgan fingerprint density at radius 1 is 1.44 bits per heavy atom. The molecule has 16 heavy (non-hydrogen) atoms. The highest BCUT2D eigenvalue weighted by molar-refractivity contribution is 7.99. The van der Waals surface area contributed by atoms with Crippen molar-refractivity contribution in [3.8, 4) is 0 Å². The molecule has 2 N–H and O–H groups in total. The fraction of sp³-hybridized carbons (Fsp3) is 0.273. The number of rotatable bonds is 4. The normalized spacial score (nSPS) is 9.88. The molecular weight excluding hydrogens is 226 g/mol. The van der Waals surface area contributed by atoms with Crippen LogP contribution in [0.5, 0.6) is 0 Å². The van der Waals surface area contributed by atoms with Crippen LogP contribution in [0.15, 0.2) is 18.2 Å². The van der Waals surface area contributed by atoms with Crippen molar-refractivity contribution in [3.63, 3.8) is 0 Å². The lowest BCUT2D eigenvalue weighted by molar-refractivity contribution is -0.113. The summed E-state index contributed by atoms with van der Waals surface area (Å²) in [6.07, 6.45) is 1.83. The fourth-order valence-corrected chi connectivity index (χ4v) is 1.54. The lowest BCUT2D eigenvalue weighted by Gasteiger charge is -2.08. The van der Waals surface area contributed by atoms with Crippen LogP contribution >= 0.6 is 11.8 Å². The molecule has 0 aliphatic carbocycles. The Kier molecular flexibility index (Phi) is 4.37. The van der Waals surface area contributed by atoms with Crippen molar-refractivity contribution in [1.29, 1.82) is 0 Å². The van der Waals surface area contributed by atoms with Crippen LogP contribution in [0.25, 0.3) is 0 Å². The van der Waals surface area contributed by atoms with Crippen LogP contribution in [0.1, 0.15) is 15.9 Å². The third-order valence-electron chi connectivity index (χ3n) is 2.03. The number of amides is 1. The smallest absolute Gasteiger partial charge is 0.335 e. The van der Waals surface area contributed by atoms with Crippen molar-refractivity contribution in [2.45, 2.75) is 6.92 Å². The molecule has 1 aromatic rings. The van der Waals surface area contributed by atoms with Crippen LogP contribution in [0, 0.1) is 6.92 Å². The lowest BCUT2D eigenvalue weighted by Crippen LogP contribution is -2.15. The predicted octanol–water partition coefficient (Wildman–Crippen LogP) is 1.99. The molecule has 0 radical (unpaired) electrons. The summed E-state index contributed by atoms with van der Waals surface area (Å²) in [5.41, 5.74) is 1.57. The van der Waals surface area contributed by atoms with Gasteiger partial charge in [-0.1, -0.05) is 6.07 Å². The number of carboxylic acids is 1. The summed E-state index contributed by atoms with van der Waals surface area (Å²) in [4.78, 5) is 22.1. The topological polar surface area (TPSA) is 66.4 Å². The predicted molar refractivity (Wildman–Crippen MR) is 65.2 cm³/mol. The van der Waals surface area contributed by atoms with Gasteiger partial charge in [-0.25, -0.2) is 4.79 Å². The molecule has 0 saturated heterocycles. The zero-order chi connectivity index (χ0) is 12.1. The summed E-state index contributed by atoms with van der Waals surface area (Å²) in [7, 11) is 0. The van der Waals surface area contributed by atoms with E-state index >= 15 is 0 Å². The van der Waals surface area contributed by atoms with E-state index in [9.17, 15) is 9.59 Å². The molecule has 0 atom stereocenters. The summed E-state index contributed by atoms with van der Waals surface area (Å²) in [6, 6.07) is 4.66. The second kappa shape index (κ2) is 5.55. The van der Waals surface area contributed by atoms with Crippen molar-refractivity contribution in [1.82, 2.24) is 0 Å². The van der Waals surface area contributed by atoms with Gasteiger partial charge in [-0.15, -0.1) is 0 Å². The molecular formula is C11H13NO3S. The second-order valence-corrected chi connectivity index (χ2v) is 4.18. The highest BCUT2D eigenvalue weighted by Crippen LogP contribution is 2.17. The lowest BCUT2D eigenvalue weighted by atomic mass is 10.1. The molecule has 0 aromatic heterocycles. The number of carbonyl (C=O) groups excluding carboxylic acids is 1. The van der Waals surface area contributed by atoms with Crippen LogP contribution in [0.3, 0.4) is 0 Å². The minimum atomic E-state index is -1.000. The monoisotopic (exact) mass is 239 g/mol. The second-order valence-electron chi connectivity index (χ2n) is 3.32. The first-order valence-corrected chi connectivity index (χ1v) is 6.06. The Morgan fingerprint density at radius 2 is 2.12 bits per heavy atom. The summed E-state index contributed by atoms with van der Waals surface area (Å²) in [6.45, 7) is 1.82. The van der Waals surface area contributed by atoms with Gasteiger partial charge in [0, 0.05) is 5.69 Å². The van der Waals surface area contributed by atoms with E-state index in [2.05, 4.69) is 5.32 Å². The molecule has 1 aromatic carbocycles. The Bertz CT molecular complexity index is 418. The number of thioether (sulfide) groups is 1. The van der Waals surface area contributed by atoms with Gasteiger partial charge in [0.15, 0.2) is 0 Å². The van der Waals surface area contributed by atoms with Crippen molar-refractivity contribution in [2.75, 3.05) is 17.3 Å². The van der Waals surface area contributed by atoms with Crippen molar-refractivity contribution in [3.05, 3.63) is 29.3 Å². The van der Waals surface area contributed by atoms with Gasteiger partial charge in [-0.2, -0.15) is 11.8 Å². The van der Waals surface area contributed by atoms with Gasteiger partial charge in [0.1, 0.15) is 0 Å². The van der Waals surface area contributed by atoms with Gasteiger partial charge in [0.05, 0.1) is 11.3 Å². The molecule has 0 saturated carbocycles. The Labute approximate surface area is 98.0 Å². The van der Waals surface area contributed by atoms with Gasteiger partial charge in [0.2, 0.25) is 5.91 Å². The minimum absolute atomic E-state index is 0.127. The maximum Gasteiger partial charge on any atom is 0.335 e. The Balaban J connectivity index is 2.90. The molecule has 0 aliphatic heterocycles. The van der Waals surface area contributed by atoms with Crippen molar-refractivity contribution < 1.29 is 14.7 Å². The van der Waals surface area contributed by atoms with Gasteiger partial charge >= 0.3 is 5.97 Å². The van der Waals surface area contributed by atoms with Gasteiger partial charge in [0.25, 0.3) is 0 Å². The van der Waals surface area contributed by atoms with Crippen LogP contribution < -0.4 is 5.32 Å². The third kappa shape index (κ3) is 3.27. The molecule has 86 valence electrons. The van der Waals surface area contributed by atoms with E-state index in [1.807, 2.05) is 13.2 Å². The molecule has 1 amide bonds. The van der Waals surface area contributed by atoms with E-state index in [4.69, 9.17) is 5.11 Å². The van der Waals surface area contributed by atoms with E-state index in [0.29, 0.717) is 11.4 Å². The molecule has 4 nitrogen and oxygen atoms in total. The van der Waals surface area contributed by atoms with Gasteiger partial charge in [-0.3, -0.25) is 4.79 Å². The number of anilines is 1. The summed E-state index contributed by atoms with van der Waals surface area (Å²) < 4.78 is 0. The molecule has 0 aliphatic rings.